The Morgan fingerprint density at radius 1 is 1.08 bits per heavy atom. The molecular weight excluding hydrogens is 144 g/mol. The van der Waals surface area contributed by atoms with Crippen molar-refractivity contribution in [2.45, 2.75) is 39.0 Å². The van der Waals surface area contributed by atoms with Crippen LogP contribution in [0, 0.1) is 35.0 Å². The molecule has 0 aromatic rings. The van der Waals surface area contributed by atoms with E-state index in [0.29, 0.717) is 0 Å². The van der Waals surface area contributed by atoms with Crippen LogP contribution in [-0.4, -0.2) is 0 Å². The highest BCUT2D eigenvalue weighted by molar-refractivity contribution is 5.20. The first-order valence-corrected chi connectivity index (χ1v) is 5.81. The van der Waals surface area contributed by atoms with Crippen LogP contribution in [0.15, 0.2) is 0 Å². The van der Waals surface area contributed by atoms with Gasteiger partial charge in [0.15, 0.2) is 0 Å². The fourth-order valence-electron chi connectivity index (χ4n) is 4.93. The molecular formula is C12H18. The van der Waals surface area contributed by atoms with Crippen LogP contribution in [-0.2, 0) is 0 Å². The Morgan fingerprint density at radius 2 is 2.00 bits per heavy atom. The van der Waals surface area contributed by atoms with Gasteiger partial charge < -0.3 is 0 Å². The minimum atomic E-state index is 0.954. The van der Waals surface area contributed by atoms with Gasteiger partial charge in [-0.3, -0.25) is 0 Å². The van der Waals surface area contributed by atoms with E-state index in [9.17, 15) is 0 Å². The summed E-state index contributed by atoms with van der Waals surface area (Å²) >= 11 is 0. The van der Waals surface area contributed by atoms with Crippen molar-refractivity contribution in [1.29, 1.82) is 0 Å². The van der Waals surface area contributed by atoms with E-state index in [1.54, 1.807) is 32.1 Å². The molecule has 0 N–H and O–H groups in total. The third-order valence-electron chi connectivity index (χ3n) is 5.65. The van der Waals surface area contributed by atoms with Gasteiger partial charge in [-0.1, -0.05) is 6.92 Å². The Hall–Kier alpha value is 0. The minimum Gasteiger partial charge on any atom is -0.0622 e. The summed E-state index contributed by atoms with van der Waals surface area (Å²) in [4.78, 5) is 0. The van der Waals surface area contributed by atoms with Crippen LogP contribution in [0.5, 0.6) is 0 Å². The summed E-state index contributed by atoms with van der Waals surface area (Å²) in [6.07, 6.45) is 8.05. The van der Waals surface area contributed by atoms with Gasteiger partial charge in [0.05, 0.1) is 0 Å². The largest absolute Gasteiger partial charge is 0.0622 e. The van der Waals surface area contributed by atoms with E-state index in [4.69, 9.17) is 0 Å². The first-order chi connectivity index (χ1) is 5.81. The molecule has 12 heavy (non-hydrogen) atoms. The Bertz CT molecular complexity index is 244. The summed E-state index contributed by atoms with van der Waals surface area (Å²) in [5, 5.41) is 0. The molecule has 4 rings (SSSR count). The molecule has 4 aliphatic rings. The van der Waals surface area contributed by atoms with Crippen molar-refractivity contribution in [2.75, 3.05) is 0 Å². The van der Waals surface area contributed by atoms with Crippen molar-refractivity contribution >= 4 is 0 Å². The molecule has 0 aromatic carbocycles. The lowest BCUT2D eigenvalue weighted by molar-refractivity contribution is 0.108. The molecule has 0 nitrogen and oxygen atoms in total. The molecule has 0 amide bonds. The highest BCUT2D eigenvalue weighted by Crippen LogP contribution is 2.79. The standard InChI is InChI=1S/C12H18/c1-7-5-12(6-11(7)12)10-3-2-8-4-9(8)10/h7-11H,2-6H2,1H3/t7-,8?,9?,10?,11?,12?/m0/s1. The number of hydrogen-bond acceptors (Lipinski definition) is 0. The lowest BCUT2D eigenvalue weighted by Crippen LogP contribution is -2.31. The second-order valence-electron chi connectivity index (χ2n) is 6.07. The van der Waals surface area contributed by atoms with Crippen LogP contribution in [0.25, 0.3) is 0 Å². The van der Waals surface area contributed by atoms with Gasteiger partial charge in [0.2, 0.25) is 0 Å². The lowest BCUT2D eigenvalue weighted by atomic mass is 9.67. The zero-order valence-electron chi connectivity index (χ0n) is 7.92. The molecule has 0 saturated heterocycles. The molecule has 0 heterocycles. The summed E-state index contributed by atoms with van der Waals surface area (Å²) in [5.41, 5.74) is 0.954. The van der Waals surface area contributed by atoms with Gasteiger partial charge in [-0.2, -0.15) is 0 Å². The second-order valence-corrected chi connectivity index (χ2v) is 6.07. The van der Waals surface area contributed by atoms with E-state index < -0.39 is 0 Å². The molecule has 4 aliphatic carbocycles. The number of rotatable bonds is 1. The Morgan fingerprint density at radius 3 is 2.42 bits per heavy atom. The molecule has 6 atom stereocenters. The maximum atomic E-state index is 2.47. The zero-order valence-corrected chi connectivity index (χ0v) is 7.92. The Kier molecular flexibility index (Phi) is 0.875. The fourth-order valence-corrected chi connectivity index (χ4v) is 4.93. The molecule has 0 aromatic heterocycles. The van der Waals surface area contributed by atoms with Gasteiger partial charge in [-0.15, -0.1) is 0 Å². The number of hydrogen-bond donors (Lipinski definition) is 0. The van der Waals surface area contributed by atoms with Gasteiger partial charge in [-0.05, 0) is 67.1 Å². The van der Waals surface area contributed by atoms with Crippen molar-refractivity contribution in [2.24, 2.45) is 35.0 Å². The third-order valence-corrected chi connectivity index (χ3v) is 5.65. The van der Waals surface area contributed by atoms with E-state index in [2.05, 4.69) is 6.92 Å². The van der Waals surface area contributed by atoms with Crippen LogP contribution >= 0.6 is 0 Å². The van der Waals surface area contributed by atoms with Crippen LogP contribution < -0.4 is 0 Å². The van der Waals surface area contributed by atoms with Gasteiger partial charge in [0.1, 0.15) is 0 Å². The second kappa shape index (κ2) is 1.63. The molecule has 0 aliphatic heterocycles. The van der Waals surface area contributed by atoms with E-state index in [1.807, 2.05) is 0 Å². The van der Waals surface area contributed by atoms with Crippen LogP contribution in [0.1, 0.15) is 39.0 Å². The SMILES string of the molecule is C[C@H]1CC2(C3CCC4CC43)CC12. The molecule has 0 spiro atoms. The summed E-state index contributed by atoms with van der Waals surface area (Å²) in [7, 11) is 0. The highest BCUT2D eigenvalue weighted by atomic mass is 14.8. The van der Waals surface area contributed by atoms with Gasteiger partial charge >= 0.3 is 0 Å². The van der Waals surface area contributed by atoms with Crippen molar-refractivity contribution in [3.63, 3.8) is 0 Å². The van der Waals surface area contributed by atoms with Crippen LogP contribution in [0.2, 0.25) is 0 Å². The molecule has 5 unspecified atom stereocenters. The average Bonchev–Trinajstić information content (AvgIpc) is 2.90. The van der Waals surface area contributed by atoms with E-state index >= 15 is 0 Å². The normalized spacial score (nSPS) is 71.2. The van der Waals surface area contributed by atoms with E-state index in [1.165, 1.54) is 23.7 Å². The first kappa shape index (κ1) is 6.45. The van der Waals surface area contributed by atoms with Crippen molar-refractivity contribution < 1.29 is 0 Å². The molecule has 0 radical (unpaired) electrons. The quantitative estimate of drug-likeness (QED) is 0.556. The van der Waals surface area contributed by atoms with Crippen LogP contribution in [0.3, 0.4) is 0 Å². The molecule has 4 saturated carbocycles. The predicted octanol–water partition coefficient (Wildman–Crippen LogP) is 3.08. The monoisotopic (exact) mass is 162 g/mol. The van der Waals surface area contributed by atoms with Crippen LogP contribution in [0.4, 0.5) is 0 Å². The van der Waals surface area contributed by atoms with Crippen molar-refractivity contribution in [3.8, 4) is 0 Å². The van der Waals surface area contributed by atoms with Crippen molar-refractivity contribution in [1.82, 2.24) is 0 Å². The van der Waals surface area contributed by atoms with Gasteiger partial charge in [0.25, 0.3) is 0 Å². The Balaban J connectivity index is 1.60. The maximum absolute atomic E-state index is 2.47. The summed E-state index contributed by atoms with van der Waals surface area (Å²) < 4.78 is 0. The number of fused-ring (bicyclic) bond motifs is 2. The van der Waals surface area contributed by atoms with E-state index in [0.717, 1.165) is 11.3 Å². The van der Waals surface area contributed by atoms with Gasteiger partial charge in [0, 0.05) is 0 Å². The molecule has 0 heteroatoms. The van der Waals surface area contributed by atoms with Gasteiger partial charge in [-0.25, -0.2) is 0 Å². The first-order valence-electron chi connectivity index (χ1n) is 5.81. The van der Waals surface area contributed by atoms with E-state index in [-0.39, 0.29) is 0 Å². The smallest absolute Gasteiger partial charge is 0.0230 e. The minimum absolute atomic E-state index is 0.954. The highest BCUT2D eigenvalue weighted by Gasteiger charge is 2.72. The maximum Gasteiger partial charge on any atom is -0.0230 e. The summed E-state index contributed by atoms with van der Waals surface area (Å²) in [6, 6.07) is 0. The molecule has 4 fully saturated rings. The third kappa shape index (κ3) is 0.533. The predicted molar refractivity (Wildman–Crippen MR) is 48.6 cm³/mol. The fraction of sp³-hybridized carbons (Fsp3) is 1.00. The Labute approximate surface area is 74.7 Å². The molecule has 66 valence electrons. The van der Waals surface area contributed by atoms with Crippen molar-refractivity contribution in [3.05, 3.63) is 0 Å². The topological polar surface area (TPSA) is 0 Å². The average molecular weight is 162 g/mol. The summed E-state index contributed by atoms with van der Waals surface area (Å²) in [6.45, 7) is 2.47. The summed E-state index contributed by atoms with van der Waals surface area (Å²) in [5.74, 6) is 5.94. The molecule has 0 bridgehead atoms. The lowest BCUT2D eigenvalue weighted by Gasteiger charge is -2.38. The zero-order chi connectivity index (χ0) is 7.92.